The first-order valence-electron chi connectivity index (χ1n) is 16.8. The Morgan fingerprint density at radius 3 is 1.19 bits per heavy atom. The fourth-order valence-corrected chi connectivity index (χ4v) is 6.75. The van der Waals surface area contributed by atoms with Gasteiger partial charge in [-0.15, -0.1) is 0 Å². The molecule has 1 aliphatic rings. The van der Waals surface area contributed by atoms with Gasteiger partial charge in [-0.1, -0.05) is 34.4 Å². The number of carbonyl (C=O) groups excluding carboxylic acids is 8. The Hall–Kier alpha value is -3.94. The van der Waals surface area contributed by atoms with Gasteiger partial charge in [0, 0.05) is 24.6 Å². The van der Waals surface area contributed by atoms with Crippen molar-refractivity contribution in [1.82, 2.24) is 42.5 Å². The van der Waals surface area contributed by atoms with Gasteiger partial charge < -0.3 is 52.0 Å². The van der Waals surface area contributed by atoms with E-state index in [0.29, 0.717) is 25.9 Å². The summed E-state index contributed by atoms with van der Waals surface area (Å²) < 4.78 is 9.47. The number of ether oxygens (including phenoxy) is 2. The molecule has 0 aromatic heterocycles. The fourth-order valence-electron chi connectivity index (χ4n) is 4.42. The Kier molecular flexibility index (Phi) is 18.0. The molecule has 1 heterocycles. The van der Waals surface area contributed by atoms with Gasteiger partial charge in [-0.3, -0.25) is 19.2 Å². The van der Waals surface area contributed by atoms with Gasteiger partial charge in [-0.2, -0.15) is 0 Å². The van der Waals surface area contributed by atoms with Gasteiger partial charge in [0.25, 0.3) is 0 Å². The average Bonchev–Trinajstić information content (AvgIpc) is 3.04. The SMILES string of the molecule is COC(=O)C(C)(C)NC(=O)C(C)(C)NC(=O)C1CSSC[C@@H](C(=O)NC(C)(C)C(=O)NC(C)(C)C(=O)OC)NC(=O)NCCCCCCNC(=O)N1. The van der Waals surface area contributed by atoms with E-state index in [2.05, 4.69) is 42.5 Å². The summed E-state index contributed by atoms with van der Waals surface area (Å²) in [6.07, 6.45) is 2.79. The molecular weight excluding hydrogens is 721 g/mol. The summed E-state index contributed by atoms with van der Waals surface area (Å²) in [5.74, 6) is -4.15. The molecule has 0 bridgehead atoms. The molecule has 20 heteroatoms. The predicted molar refractivity (Wildman–Crippen MR) is 197 cm³/mol. The van der Waals surface area contributed by atoms with Crippen LogP contribution < -0.4 is 42.5 Å². The quantitative estimate of drug-likeness (QED) is 0.110. The molecule has 1 fully saturated rings. The molecule has 2 atom stereocenters. The van der Waals surface area contributed by atoms with Gasteiger partial charge in [0.2, 0.25) is 23.6 Å². The summed E-state index contributed by atoms with van der Waals surface area (Å²) >= 11 is 0. The highest BCUT2D eigenvalue weighted by molar-refractivity contribution is 8.76. The minimum absolute atomic E-state index is 0.0215. The van der Waals surface area contributed by atoms with Crippen molar-refractivity contribution in [3.63, 3.8) is 0 Å². The van der Waals surface area contributed by atoms with Gasteiger partial charge in [0.05, 0.1) is 14.2 Å². The molecule has 1 unspecified atom stereocenters. The number of methoxy groups -OCH3 is 2. The number of hydrogen-bond acceptors (Lipinski definition) is 12. The highest BCUT2D eigenvalue weighted by atomic mass is 33.1. The Morgan fingerprint density at radius 2 is 0.885 bits per heavy atom. The van der Waals surface area contributed by atoms with E-state index in [1.54, 1.807) is 0 Å². The van der Waals surface area contributed by atoms with Crippen molar-refractivity contribution in [2.24, 2.45) is 0 Å². The highest BCUT2D eigenvalue weighted by Crippen LogP contribution is 2.24. The molecule has 8 N–H and O–H groups in total. The van der Waals surface area contributed by atoms with Crippen LogP contribution in [0.5, 0.6) is 0 Å². The molecule has 0 aliphatic carbocycles. The Balaban J connectivity index is 3.17. The van der Waals surface area contributed by atoms with Crippen LogP contribution in [-0.4, -0.2) is 121 Å². The topological polar surface area (TPSA) is 251 Å². The van der Waals surface area contributed by atoms with Gasteiger partial charge >= 0.3 is 24.0 Å². The van der Waals surface area contributed by atoms with Crippen LogP contribution in [0.1, 0.15) is 81.1 Å². The summed E-state index contributed by atoms with van der Waals surface area (Å²) in [5, 5.41) is 21.1. The second-order valence-electron chi connectivity index (χ2n) is 14.3. The molecule has 296 valence electrons. The first-order valence-corrected chi connectivity index (χ1v) is 19.3. The van der Waals surface area contributed by atoms with Gasteiger partial charge in [-0.25, -0.2) is 19.2 Å². The third-order valence-corrected chi connectivity index (χ3v) is 10.1. The largest absolute Gasteiger partial charge is 0.467 e. The molecule has 0 radical (unpaired) electrons. The van der Waals surface area contributed by atoms with Crippen molar-refractivity contribution < 1.29 is 47.8 Å². The molecular formula is C32H56N8O10S2. The van der Waals surface area contributed by atoms with E-state index in [9.17, 15) is 38.4 Å². The van der Waals surface area contributed by atoms with Crippen LogP contribution in [0, 0.1) is 0 Å². The number of esters is 2. The third kappa shape index (κ3) is 15.3. The van der Waals surface area contributed by atoms with Crippen molar-refractivity contribution in [1.29, 1.82) is 0 Å². The lowest BCUT2D eigenvalue weighted by Crippen LogP contribution is -2.64. The van der Waals surface area contributed by atoms with Crippen LogP contribution in [0.2, 0.25) is 0 Å². The smallest absolute Gasteiger partial charge is 0.330 e. The van der Waals surface area contributed by atoms with E-state index in [-0.39, 0.29) is 11.5 Å². The maximum atomic E-state index is 13.5. The monoisotopic (exact) mass is 776 g/mol. The standard InChI is InChI=1S/C32H56N8O10S2/c1-29(2,23(43)39-31(5,6)25(45)49-9)37-21(41)19-17-51-52-18-20(36-28(48)34-16-14-12-11-13-15-33-27(47)35-19)22(42)38-30(3,4)24(44)40-32(7,8)26(46)50-10/h19-20H,11-18H2,1-10H3,(H,37,41)(H,38,42)(H,39,43)(H,40,44)(H2,33,35,47)(H2,34,36,48)/t19-,20?/m0/s1. The van der Waals surface area contributed by atoms with Crippen LogP contribution in [-0.2, 0) is 38.2 Å². The zero-order chi connectivity index (χ0) is 39.9. The number of rotatable bonds is 10. The van der Waals surface area contributed by atoms with Crippen LogP contribution in [0.15, 0.2) is 0 Å². The molecule has 1 aliphatic heterocycles. The number of amides is 8. The Bertz CT molecular complexity index is 1230. The highest BCUT2D eigenvalue weighted by Gasteiger charge is 2.40. The average molecular weight is 777 g/mol. The molecule has 0 aromatic carbocycles. The van der Waals surface area contributed by atoms with Crippen molar-refractivity contribution in [2.45, 2.75) is 115 Å². The van der Waals surface area contributed by atoms with E-state index in [1.165, 1.54) is 69.6 Å². The zero-order valence-electron chi connectivity index (χ0n) is 31.7. The Morgan fingerprint density at radius 1 is 0.558 bits per heavy atom. The maximum absolute atomic E-state index is 13.5. The lowest BCUT2D eigenvalue weighted by Gasteiger charge is -2.32. The third-order valence-electron chi connectivity index (χ3n) is 7.72. The lowest BCUT2D eigenvalue weighted by atomic mass is 9.99. The summed E-state index contributed by atoms with van der Waals surface area (Å²) in [7, 11) is 4.60. The molecule has 0 spiro atoms. The van der Waals surface area contributed by atoms with E-state index in [0.717, 1.165) is 34.4 Å². The van der Waals surface area contributed by atoms with Gasteiger partial charge in [-0.05, 0) is 68.2 Å². The normalized spacial score (nSPS) is 19.0. The first-order chi connectivity index (χ1) is 24.0. The molecule has 18 nitrogen and oxygen atoms in total. The minimum atomic E-state index is -1.52. The Labute approximate surface area is 313 Å². The second-order valence-corrected chi connectivity index (χ2v) is 16.8. The van der Waals surface area contributed by atoms with Crippen molar-refractivity contribution in [2.75, 3.05) is 38.8 Å². The summed E-state index contributed by atoms with van der Waals surface area (Å²) in [6, 6.07) is -3.49. The molecule has 8 amide bonds. The van der Waals surface area contributed by atoms with Crippen LogP contribution in [0.3, 0.4) is 0 Å². The summed E-state index contributed by atoms with van der Waals surface area (Å²) in [5.41, 5.74) is -5.80. The van der Waals surface area contributed by atoms with Crippen LogP contribution >= 0.6 is 21.6 Å². The van der Waals surface area contributed by atoms with Crippen molar-refractivity contribution in [3.05, 3.63) is 0 Å². The fraction of sp³-hybridized carbons (Fsp3) is 0.750. The molecule has 0 saturated carbocycles. The van der Waals surface area contributed by atoms with Crippen LogP contribution in [0.4, 0.5) is 9.59 Å². The predicted octanol–water partition coefficient (Wildman–Crippen LogP) is 0.203. The second kappa shape index (κ2) is 20.3. The summed E-state index contributed by atoms with van der Waals surface area (Å²) in [4.78, 5) is 103. The van der Waals surface area contributed by atoms with Gasteiger partial charge in [0.1, 0.15) is 34.2 Å². The van der Waals surface area contributed by atoms with Crippen molar-refractivity contribution in [3.8, 4) is 0 Å². The number of urea groups is 2. The number of carbonyl (C=O) groups is 8. The molecule has 1 saturated heterocycles. The molecule has 0 aromatic rings. The number of nitrogens with one attached hydrogen (secondary N) is 8. The molecule has 1 rings (SSSR count). The van der Waals surface area contributed by atoms with Crippen molar-refractivity contribution >= 4 is 69.2 Å². The summed E-state index contributed by atoms with van der Waals surface area (Å²) in [6.45, 7) is 12.3. The molecule has 52 heavy (non-hydrogen) atoms. The maximum Gasteiger partial charge on any atom is 0.330 e. The first kappa shape index (κ1) is 46.1. The van der Waals surface area contributed by atoms with Gasteiger partial charge in [0.15, 0.2) is 0 Å². The van der Waals surface area contributed by atoms with E-state index in [1.807, 2.05) is 0 Å². The van der Waals surface area contributed by atoms with E-state index in [4.69, 9.17) is 9.47 Å². The minimum Gasteiger partial charge on any atom is -0.467 e. The lowest BCUT2D eigenvalue weighted by molar-refractivity contribution is -0.150. The van der Waals surface area contributed by atoms with Crippen LogP contribution in [0.25, 0.3) is 0 Å². The number of hydrogen-bond donors (Lipinski definition) is 8. The van der Waals surface area contributed by atoms with E-state index < -0.39 is 81.9 Å². The van der Waals surface area contributed by atoms with E-state index >= 15 is 0 Å². The zero-order valence-corrected chi connectivity index (χ0v) is 33.3.